The first kappa shape index (κ1) is 16.2. The molecular weight excluding hydrogens is 266 g/mol. The summed E-state index contributed by atoms with van der Waals surface area (Å²) in [6.45, 7) is 2.79. The molecule has 1 rings (SSSR count). The summed E-state index contributed by atoms with van der Waals surface area (Å²) in [5.74, 6) is -1.22. The monoisotopic (exact) mass is 287 g/mol. The maximum atomic E-state index is 11.8. The van der Waals surface area contributed by atoms with Crippen molar-refractivity contribution in [2.45, 2.75) is 13.3 Å². The Bertz CT molecular complexity index is 387. The smallest absolute Gasteiger partial charge is 0.317 e. The molecule has 1 heterocycles. The largest absolute Gasteiger partial charge is 0.481 e. The molecule has 1 saturated heterocycles. The first-order valence-corrected chi connectivity index (χ1v) is 6.41. The molecule has 8 nitrogen and oxygen atoms in total. The second-order valence-electron chi connectivity index (χ2n) is 5.04. The minimum atomic E-state index is -0.912. The zero-order chi connectivity index (χ0) is 15.2. The van der Waals surface area contributed by atoms with Crippen molar-refractivity contribution in [1.29, 1.82) is 0 Å². The SMILES string of the molecule is COCCNC(=O)CNC(=O)N1CCC(C)(C(=O)O)C1. The molecule has 3 amide bonds. The van der Waals surface area contributed by atoms with Crippen LogP contribution in [0.15, 0.2) is 0 Å². The lowest BCUT2D eigenvalue weighted by molar-refractivity contribution is -0.147. The molecule has 0 spiro atoms. The summed E-state index contributed by atoms with van der Waals surface area (Å²) in [6.07, 6.45) is 0.412. The third kappa shape index (κ3) is 4.37. The fraction of sp³-hybridized carbons (Fsp3) is 0.750. The zero-order valence-corrected chi connectivity index (χ0v) is 11.8. The zero-order valence-electron chi connectivity index (χ0n) is 11.8. The van der Waals surface area contributed by atoms with Gasteiger partial charge in [0.15, 0.2) is 0 Å². The summed E-state index contributed by atoms with van der Waals surface area (Å²) >= 11 is 0. The van der Waals surface area contributed by atoms with E-state index in [1.807, 2.05) is 0 Å². The van der Waals surface area contributed by atoms with E-state index in [4.69, 9.17) is 9.84 Å². The minimum absolute atomic E-state index is 0.136. The second-order valence-corrected chi connectivity index (χ2v) is 5.04. The predicted octanol–water partition coefficient (Wildman–Crippen LogP) is -0.745. The Morgan fingerprint density at radius 3 is 2.60 bits per heavy atom. The summed E-state index contributed by atoms with van der Waals surface area (Å²) in [5.41, 5.74) is -0.905. The van der Waals surface area contributed by atoms with Crippen molar-refractivity contribution >= 4 is 17.9 Å². The number of hydrogen-bond donors (Lipinski definition) is 3. The number of carbonyl (C=O) groups excluding carboxylic acids is 2. The van der Waals surface area contributed by atoms with Gasteiger partial charge in [0.2, 0.25) is 5.91 Å². The van der Waals surface area contributed by atoms with Crippen molar-refractivity contribution in [3.05, 3.63) is 0 Å². The predicted molar refractivity (Wildman–Crippen MR) is 70.2 cm³/mol. The quantitative estimate of drug-likeness (QED) is 0.557. The number of hydrogen-bond acceptors (Lipinski definition) is 4. The summed E-state index contributed by atoms with van der Waals surface area (Å²) < 4.78 is 4.78. The van der Waals surface area contributed by atoms with Crippen LogP contribution in [0.25, 0.3) is 0 Å². The van der Waals surface area contributed by atoms with E-state index in [0.29, 0.717) is 26.1 Å². The summed E-state index contributed by atoms with van der Waals surface area (Å²) in [4.78, 5) is 35.7. The van der Waals surface area contributed by atoms with Gasteiger partial charge in [-0.2, -0.15) is 0 Å². The highest BCUT2D eigenvalue weighted by Crippen LogP contribution is 2.29. The number of nitrogens with one attached hydrogen (secondary N) is 2. The number of methoxy groups -OCH3 is 1. The number of nitrogens with zero attached hydrogens (tertiary/aromatic N) is 1. The van der Waals surface area contributed by atoms with Crippen molar-refractivity contribution < 1.29 is 24.2 Å². The average molecular weight is 287 g/mol. The third-order valence-corrected chi connectivity index (χ3v) is 3.31. The van der Waals surface area contributed by atoms with Gasteiger partial charge in [-0.05, 0) is 13.3 Å². The van der Waals surface area contributed by atoms with E-state index in [-0.39, 0.29) is 19.0 Å². The Labute approximate surface area is 117 Å². The van der Waals surface area contributed by atoms with E-state index in [1.54, 1.807) is 6.92 Å². The van der Waals surface area contributed by atoms with Crippen molar-refractivity contribution in [2.75, 3.05) is 39.9 Å². The molecule has 0 aromatic heterocycles. The molecule has 3 N–H and O–H groups in total. The van der Waals surface area contributed by atoms with Crippen LogP contribution in [-0.4, -0.2) is 67.8 Å². The number of carbonyl (C=O) groups is 3. The fourth-order valence-corrected chi connectivity index (χ4v) is 1.93. The van der Waals surface area contributed by atoms with Crippen molar-refractivity contribution in [3.8, 4) is 0 Å². The molecule has 0 bridgehead atoms. The Kier molecular flexibility index (Phi) is 5.75. The molecule has 1 atom stereocenters. The van der Waals surface area contributed by atoms with Crippen LogP contribution in [0.3, 0.4) is 0 Å². The van der Waals surface area contributed by atoms with Gasteiger partial charge in [0.1, 0.15) is 0 Å². The molecule has 8 heteroatoms. The molecule has 0 aromatic rings. The fourth-order valence-electron chi connectivity index (χ4n) is 1.93. The molecule has 20 heavy (non-hydrogen) atoms. The highest BCUT2D eigenvalue weighted by molar-refractivity contribution is 5.84. The van der Waals surface area contributed by atoms with Crippen LogP contribution < -0.4 is 10.6 Å². The van der Waals surface area contributed by atoms with Crippen LogP contribution >= 0.6 is 0 Å². The second kappa shape index (κ2) is 7.09. The number of amides is 3. The minimum Gasteiger partial charge on any atom is -0.481 e. The van der Waals surface area contributed by atoms with Gasteiger partial charge in [0.05, 0.1) is 18.6 Å². The summed E-state index contributed by atoms with van der Waals surface area (Å²) in [7, 11) is 1.53. The van der Waals surface area contributed by atoms with Crippen molar-refractivity contribution in [2.24, 2.45) is 5.41 Å². The van der Waals surface area contributed by atoms with Gasteiger partial charge < -0.3 is 25.4 Å². The highest BCUT2D eigenvalue weighted by Gasteiger charge is 2.42. The number of rotatable bonds is 6. The molecule has 0 saturated carbocycles. The van der Waals surface area contributed by atoms with Crippen LogP contribution in [0, 0.1) is 5.41 Å². The van der Waals surface area contributed by atoms with E-state index in [0.717, 1.165) is 0 Å². The molecule has 1 aliphatic heterocycles. The lowest BCUT2D eigenvalue weighted by Gasteiger charge is -2.20. The molecule has 0 aliphatic carbocycles. The highest BCUT2D eigenvalue weighted by atomic mass is 16.5. The molecule has 1 aliphatic rings. The number of likely N-dealkylation sites (tertiary alicyclic amines) is 1. The van der Waals surface area contributed by atoms with Crippen LogP contribution in [0.5, 0.6) is 0 Å². The van der Waals surface area contributed by atoms with Crippen molar-refractivity contribution in [3.63, 3.8) is 0 Å². The Balaban J connectivity index is 2.31. The van der Waals surface area contributed by atoms with Crippen LogP contribution in [0.1, 0.15) is 13.3 Å². The molecule has 0 aromatic carbocycles. The van der Waals surface area contributed by atoms with Gasteiger partial charge in [-0.1, -0.05) is 0 Å². The Morgan fingerprint density at radius 1 is 1.35 bits per heavy atom. The van der Waals surface area contributed by atoms with Gasteiger partial charge in [-0.25, -0.2) is 4.79 Å². The first-order valence-electron chi connectivity index (χ1n) is 6.41. The standard InChI is InChI=1S/C12H21N3O5/c1-12(10(17)18)3-5-15(8-12)11(19)14-7-9(16)13-4-6-20-2/h3-8H2,1-2H3,(H,13,16)(H,14,19)(H,17,18). The van der Waals surface area contributed by atoms with Crippen LogP contribution in [-0.2, 0) is 14.3 Å². The number of urea groups is 1. The molecular formula is C12H21N3O5. The molecule has 0 radical (unpaired) electrons. The maximum absolute atomic E-state index is 11.8. The lowest BCUT2D eigenvalue weighted by atomic mass is 9.90. The maximum Gasteiger partial charge on any atom is 0.317 e. The summed E-state index contributed by atoms with van der Waals surface area (Å²) in [6, 6.07) is -0.420. The third-order valence-electron chi connectivity index (χ3n) is 3.31. The van der Waals surface area contributed by atoms with Gasteiger partial charge in [0, 0.05) is 26.7 Å². The molecule has 1 unspecified atom stereocenters. The van der Waals surface area contributed by atoms with Gasteiger partial charge in [-0.15, -0.1) is 0 Å². The normalized spacial score (nSPS) is 21.6. The lowest BCUT2D eigenvalue weighted by Crippen LogP contribution is -2.45. The van der Waals surface area contributed by atoms with E-state index in [2.05, 4.69) is 10.6 Å². The number of carboxylic acids is 1. The topological polar surface area (TPSA) is 108 Å². The molecule has 1 fully saturated rings. The van der Waals surface area contributed by atoms with Crippen LogP contribution in [0.2, 0.25) is 0 Å². The number of aliphatic carboxylic acids is 1. The Morgan fingerprint density at radius 2 is 2.05 bits per heavy atom. The number of ether oxygens (including phenoxy) is 1. The first-order chi connectivity index (χ1) is 9.39. The van der Waals surface area contributed by atoms with Crippen LogP contribution in [0.4, 0.5) is 4.79 Å². The van der Waals surface area contributed by atoms with Gasteiger partial charge in [-0.3, -0.25) is 9.59 Å². The van der Waals surface area contributed by atoms with E-state index in [9.17, 15) is 14.4 Å². The van der Waals surface area contributed by atoms with Gasteiger partial charge in [0.25, 0.3) is 0 Å². The van der Waals surface area contributed by atoms with E-state index in [1.165, 1.54) is 12.0 Å². The van der Waals surface area contributed by atoms with E-state index < -0.39 is 17.4 Å². The average Bonchev–Trinajstić information content (AvgIpc) is 2.80. The molecule has 114 valence electrons. The summed E-state index contributed by atoms with van der Waals surface area (Å²) in [5, 5.41) is 14.1. The van der Waals surface area contributed by atoms with Crippen molar-refractivity contribution in [1.82, 2.24) is 15.5 Å². The number of carboxylic acid groups (broad SMARTS) is 1. The van der Waals surface area contributed by atoms with Gasteiger partial charge >= 0.3 is 12.0 Å². The van der Waals surface area contributed by atoms with E-state index >= 15 is 0 Å². The Hall–Kier alpha value is -1.83.